The molecule has 1 saturated heterocycles. The van der Waals surface area contributed by atoms with Gasteiger partial charge >= 0.3 is 0 Å². The van der Waals surface area contributed by atoms with E-state index >= 15 is 0 Å². The number of β-amino-alcohol motifs (C(OH)–C–C–N with tert-alkyl or cyclic N) is 1. The van der Waals surface area contributed by atoms with E-state index in [1.54, 1.807) is 0 Å². The maximum atomic E-state index is 10.7. The molecule has 4 nitrogen and oxygen atoms in total. The molecule has 0 saturated carbocycles. The Balaban J connectivity index is 1.66. The Labute approximate surface area is 150 Å². The summed E-state index contributed by atoms with van der Waals surface area (Å²) in [5, 5.41) is 14.0. The Morgan fingerprint density at radius 1 is 1.08 bits per heavy atom. The number of piperazine rings is 1. The molecule has 4 heteroatoms. The normalized spacial score (nSPS) is 16.6. The van der Waals surface area contributed by atoms with Gasteiger partial charge in [0.25, 0.3) is 0 Å². The van der Waals surface area contributed by atoms with Gasteiger partial charge in [-0.1, -0.05) is 30.3 Å². The predicted octanol–water partition coefficient (Wildman–Crippen LogP) is 2.82. The van der Waals surface area contributed by atoms with E-state index in [1.165, 1.54) is 0 Å². The molecule has 2 aromatic rings. The van der Waals surface area contributed by atoms with Crippen LogP contribution in [0.4, 0.5) is 0 Å². The van der Waals surface area contributed by atoms with Crippen LogP contribution in [-0.4, -0.2) is 42.7 Å². The minimum atomic E-state index is -0.458. The summed E-state index contributed by atoms with van der Waals surface area (Å²) in [5.41, 5.74) is 4.30. The van der Waals surface area contributed by atoms with Crippen molar-refractivity contribution in [3.63, 3.8) is 0 Å². The molecule has 2 N–H and O–H groups in total. The van der Waals surface area contributed by atoms with Gasteiger partial charge in [-0.25, -0.2) is 0 Å². The quantitative estimate of drug-likeness (QED) is 0.849. The van der Waals surface area contributed by atoms with Crippen molar-refractivity contribution < 1.29 is 9.84 Å². The lowest BCUT2D eigenvalue weighted by atomic mass is 9.99. The zero-order valence-corrected chi connectivity index (χ0v) is 15.2. The molecule has 134 valence electrons. The van der Waals surface area contributed by atoms with Crippen molar-refractivity contribution in [2.75, 3.05) is 32.7 Å². The number of benzene rings is 2. The van der Waals surface area contributed by atoms with Crippen LogP contribution < -0.4 is 10.1 Å². The molecule has 1 aliphatic rings. The number of rotatable bonds is 6. The van der Waals surface area contributed by atoms with Crippen LogP contribution in [0.5, 0.6) is 5.75 Å². The van der Waals surface area contributed by atoms with Gasteiger partial charge in [0.1, 0.15) is 12.4 Å². The van der Waals surface area contributed by atoms with Crippen LogP contribution >= 0.6 is 0 Å². The summed E-state index contributed by atoms with van der Waals surface area (Å²) in [5.74, 6) is 0.888. The Morgan fingerprint density at radius 3 is 2.52 bits per heavy atom. The second kappa shape index (κ2) is 8.48. The summed E-state index contributed by atoms with van der Waals surface area (Å²) in [6, 6.07) is 14.3. The van der Waals surface area contributed by atoms with Gasteiger partial charge in [-0.3, -0.25) is 4.90 Å². The lowest BCUT2D eigenvalue weighted by Crippen LogP contribution is -2.45. The number of aliphatic hydroxyl groups is 1. The van der Waals surface area contributed by atoms with Gasteiger partial charge < -0.3 is 15.2 Å². The van der Waals surface area contributed by atoms with E-state index in [4.69, 9.17) is 4.74 Å². The second-order valence-corrected chi connectivity index (χ2v) is 6.81. The smallest absolute Gasteiger partial charge is 0.123 e. The van der Waals surface area contributed by atoms with Crippen LogP contribution in [0.3, 0.4) is 0 Å². The van der Waals surface area contributed by atoms with Gasteiger partial charge in [0.05, 0.1) is 6.10 Å². The summed E-state index contributed by atoms with van der Waals surface area (Å²) in [7, 11) is 0. The minimum absolute atomic E-state index is 0.458. The van der Waals surface area contributed by atoms with Crippen molar-refractivity contribution in [1.82, 2.24) is 10.2 Å². The fourth-order valence-electron chi connectivity index (χ4n) is 3.30. The highest BCUT2D eigenvalue weighted by atomic mass is 16.5. The van der Waals surface area contributed by atoms with E-state index < -0.39 is 6.10 Å². The van der Waals surface area contributed by atoms with Crippen molar-refractivity contribution in [3.05, 3.63) is 64.7 Å². The Bertz CT molecular complexity index is 682. The van der Waals surface area contributed by atoms with Crippen LogP contribution in [0, 0.1) is 13.8 Å². The summed E-state index contributed by atoms with van der Waals surface area (Å²) in [6.07, 6.45) is -0.458. The summed E-state index contributed by atoms with van der Waals surface area (Å²) in [6.45, 7) is 9.32. The predicted molar refractivity (Wildman–Crippen MR) is 101 cm³/mol. The Morgan fingerprint density at radius 2 is 1.80 bits per heavy atom. The van der Waals surface area contributed by atoms with Crippen molar-refractivity contribution in [2.24, 2.45) is 0 Å². The number of hydrogen-bond donors (Lipinski definition) is 2. The van der Waals surface area contributed by atoms with Crippen LogP contribution in [0.25, 0.3) is 0 Å². The molecular weight excluding hydrogens is 312 g/mol. The highest BCUT2D eigenvalue weighted by Crippen LogP contribution is 2.28. The fourth-order valence-corrected chi connectivity index (χ4v) is 3.30. The topological polar surface area (TPSA) is 44.7 Å². The Hall–Kier alpha value is -1.88. The fraction of sp³-hybridized carbons (Fsp3) is 0.429. The van der Waals surface area contributed by atoms with E-state index in [0.717, 1.165) is 54.2 Å². The van der Waals surface area contributed by atoms with Crippen LogP contribution in [0.2, 0.25) is 0 Å². The van der Waals surface area contributed by atoms with Gasteiger partial charge in [0.2, 0.25) is 0 Å². The van der Waals surface area contributed by atoms with E-state index in [0.29, 0.717) is 13.2 Å². The standard InChI is InChI=1S/C21H28N2O2/c1-16-13-21(25-15-18-6-4-3-5-7-18)17(2)12-19(16)20(24)14-23-10-8-22-9-11-23/h3-7,12-13,20,22,24H,8-11,14-15H2,1-2H3. The highest BCUT2D eigenvalue weighted by molar-refractivity contribution is 5.42. The van der Waals surface area contributed by atoms with Crippen LogP contribution in [0.15, 0.2) is 42.5 Å². The third kappa shape index (κ3) is 4.82. The highest BCUT2D eigenvalue weighted by Gasteiger charge is 2.18. The van der Waals surface area contributed by atoms with Crippen molar-refractivity contribution >= 4 is 0 Å². The van der Waals surface area contributed by atoms with Crippen molar-refractivity contribution in [1.29, 1.82) is 0 Å². The molecule has 25 heavy (non-hydrogen) atoms. The lowest BCUT2D eigenvalue weighted by molar-refractivity contribution is 0.105. The molecule has 0 amide bonds. The van der Waals surface area contributed by atoms with Crippen molar-refractivity contribution in [2.45, 2.75) is 26.6 Å². The number of hydrogen-bond acceptors (Lipinski definition) is 4. The largest absolute Gasteiger partial charge is 0.489 e. The van der Waals surface area contributed by atoms with E-state index in [9.17, 15) is 5.11 Å². The number of aliphatic hydroxyl groups excluding tert-OH is 1. The number of nitrogens with one attached hydrogen (secondary N) is 1. The van der Waals surface area contributed by atoms with Gasteiger partial charge in [0, 0.05) is 32.7 Å². The minimum Gasteiger partial charge on any atom is -0.489 e. The summed E-state index contributed by atoms with van der Waals surface area (Å²) >= 11 is 0. The maximum absolute atomic E-state index is 10.7. The molecule has 0 bridgehead atoms. The SMILES string of the molecule is Cc1cc(C(O)CN2CCNCC2)c(C)cc1OCc1ccccc1. The average Bonchev–Trinajstić information content (AvgIpc) is 2.63. The number of aryl methyl sites for hydroxylation is 2. The third-order valence-corrected chi connectivity index (χ3v) is 4.80. The van der Waals surface area contributed by atoms with Crippen LogP contribution in [0.1, 0.15) is 28.4 Å². The molecule has 1 atom stereocenters. The molecular formula is C21H28N2O2. The molecule has 3 rings (SSSR count). The lowest BCUT2D eigenvalue weighted by Gasteiger charge is -2.29. The first-order valence-corrected chi connectivity index (χ1v) is 9.02. The van der Waals surface area contributed by atoms with E-state index in [1.807, 2.05) is 32.0 Å². The van der Waals surface area contributed by atoms with Gasteiger partial charge in [-0.15, -0.1) is 0 Å². The molecule has 1 aliphatic heterocycles. The second-order valence-electron chi connectivity index (χ2n) is 6.81. The average molecular weight is 340 g/mol. The monoisotopic (exact) mass is 340 g/mol. The first kappa shape index (κ1) is 17.9. The molecule has 1 heterocycles. The molecule has 0 radical (unpaired) electrons. The summed E-state index contributed by atoms with van der Waals surface area (Å²) < 4.78 is 5.99. The van der Waals surface area contributed by atoms with Crippen molar-refractivity contribution in [3.8, 4) is 5.75 Å². The zero-order valence-electron chi connectivity index (χ0n) is 15.2. The number of ether oxygens (including phenoxy) is 1. The first-order chi connectivity index (χ1) is 12.1. The molecule has 0 aromatic heterocycles. The zero-order chi connectivity index (χ0) is 17.6. The Kier molecular flexibility index (Phi) is 6.08. The molecule has 0 aliphatic carbocycles. The van der Waals surface area contributed by atoms with E-state index in [-0.39, 0.29) is 0 Å². The molecule has 0 spiro atoms. The molecule has 1 unspecified atom stereocenters. The van der Waals surface area contributed by atoms with Gasteiger partial charge in [-0.05, 0) is 48.2 Å². The summed E-state index contributed by atoms with van der Waals surface area (Å²) in [4.78, 5) is 2.32. The molecule has 1 fully saturated rings. The number of nitrogens with zero attached hydrogens (tertiary/aromatic N) is 1. The maximum Gasteiger partial charge on any atom is 0.123 e. The van der Waals surface area contributed by atoms with Crippen LogP contribution in [-0.2, 0) is 6.61 Å². The van der Waals surface area contributed by atoms with Gasteiger partial charge in [0.15, 0.2) is 0 Å². The van der Waals surface area contributed by atoms with Gasteiger partial charge in [-0.2, -0.15) is 0 Å². The van der Waals surface area contributed by atoms with E-state index in [2.05, 4.69) is 34.5 Å². The molecule has 2 aromatic carbocycles. The first-order valence-electron chi connectivity index (χ1n) is 9.02. The third-order valence-electron chi connectivity index (χ3n) is 4.80.